The Morgan fingerprint density at radius 3 is 2.69 bits per heavy atom. The highest BCUT2D eigenvalue weighted by atomic mass is 32.2. The normalized spacial score (nSPS) is 15.2. The molecule has 0 atom stereocenters. The maximum absolute atomic E-state index is 12.4. The van der Waals surface area contributed by atoms with E-state index in [1.807, 2.05) is 6.92 Å². The molecule has 1 N–H and O–H groups in total. The smallest absolute Gasteiger partial charge is 0.335 e. The third kappa shape index (κ3) is 4.40. The Morgan fingerprint density at radius 1 is 1.24 bits per heavy atom. The second-order valence-electron chi connectivity index (χ2n) is 6.11. The van der Waals surface area contributed by atoms with Gasteiger partial charge in [-0.3, -0.25) is 19.3 Å². The fourth-order valence-corrected chi connectivity index (χ4v) is 3.52. The molecular weight excluding hydrogens is 398 g/mol. The van der Waals surface area contributed by atoms with Crippen molar-refractivity contribution in [2.75, 3.05) is 13.2 Å². The highest BCUT2D eigenvalue weighted by Crippen LogP contribution is 2.34. The zero-order chi connectivity index (χ0) is 21.1. The van der Waals surface area contributed by atoms with Crippen molar-refractivity contribution in [3.63, 3.8) is 0 Å². The number of aromatic carboxylic acids is 1. The van der Waals surface area contributed by atoms with Gasteiger partial charge in [0.05, 0.1) is 17.1 Å². The number of amides is 2. The number of furan rings is 1. The van der Waals surface area contributed by atoms with Crippen LogP contribution in [0.1, 0.15) is 28.6 Å². The zero-order valence-corrected chi connectivity index (χ0v) is 16.4. The van der Waals surface area contributed by atoms with E-state index < -0.39 is 29.6 Å². The highest BCUT2D eigenvalue weighted by molar-refractivity contribution is 8.18. The lowest BCUT2D eigenvalue weighted by Crippen LogP contribution is -2.34. The van der Waals surface area contributed by atoms with Crippen LogP contribution < -0.4 is 0 Å². The van der Waals surface area contributed by atoms with Gasteiger partial charge in [-0.2, -0.15) is 0 Å². The Balaban J connectivity index is 1.83. The van der Waals surface area contributed by atoms with Crippen molar-refractivity contribution < 1.29 is 33.4 Å². The Kier molecular flexibility index (Phi) is 5.88. The first-order chi connectivity index (χ1) is 13.8. The van der Waals surface area contributed by atoms with Crippen molar-refractivity contribution in [1.29, 1.82) is 0 Å². The molecule has 0 spiro atoms. The summed E-state index contributed by atoms with van der Waals surface area (Å²) >= 11 is 0.704. The summed E-state index contributed by atoms with van der Waals surface area (Å²) in [5.41, 5.74) is 1.56. The van der Waals surface area contributed by atoms with E-state index in [4.69, 9.17) is 14.3 Å². The number of carboxylic acids is 1. The minimum atomic E-state index is -1.05. The van der Waals surface area contributed by atoms with E-state index in [0.717, 1.165) is 10.5 Å². The van der Waals surface area contributed by atoms with Crippen LogP contribution in [0.2, 0.25) is 0 Å². The standard InChI is InChI=1S/C20H17NO7S/c1-3-27-17(22)10-21-18(23)16(29-20(21)26)9-13-6-7-15(28-13)14-8-12(19(24)25)5-4-11(14)2/h4-9H,3,10H2,1-2H3,(H,24,25)/b16-9+. The van der Waals surface area contributed by atoms with E-state index in [2.05, 4.69) is 0 Å². The van der Waals surface area contributed by atoms with Gasteiger partial charge in [0.2, 0.25) is 0 Å². The molecule has 3 rings (SSSR count). The van der Waals surface area contributed by atoms with Gasteiger partial charge in [-0.05, 0) is 55.4 Å². The summed E-state index contributed by atoms with van der Waals surface area (Å²) in [4.78, 5) is 48.1. The number of hydrogen-bond donors (Lipinski definition) is 1. The number of benzene rings is 1. The number of aryl methyl sites for hydroxylation is 1. The number of carbonyl (C=O) groups excluding carboxylic acids is 3. The molecule has 1 aromatic carbocycles. The quantitative estimate of drug-likeness (QED) is 0.563. The summed E-state index contributed by atoms with van der Waals surface area (Å²) < 4.78 is 10.5. The third-order valence-corrected chi connectivity index (χ3v) is 5.02. The van der Waals surface area contributed by atoms with Crippen LogP contribution in [-0.2, 0) is 14.3 Å². The van der Waals surface area contributed by atoms with Gasteiger partial charge in [0, 0.05) is 11.6 Å². The molecule has 2 amide bonds. The second kappa shape index (κ2) is 8.36. The molecule has 8 nitrogen and oxygen atoms in total. The first-order valence-corrected chi connectivity index (χ1v) is 9.47. The van der Waals surface area contributed by atoms with Crippen LogP contribution in [0.4, 0.5) is 4.79 Å². The molecular formula is C20H17NO7S. The van der Waals surface area contributed by atoms with E-state index >= 15 is 0 Å². The number of imide groups is 1. The van der Waals surface area contributed by atoms with E-state index in [1.54, 1.807) is 25.1 Å². The average Bonchev–Trinajstić information content (AvgIpc) is 3.22. The summed E-state index contributed by atoms with van der Waals surface area (Å²) in [5.74, 6) is -1.56. The van der Waals surface area contributed by atoms with Gasteiger partial charge in [0.1, 0.15) is 18.1 Å². The minimum absolute atomic E-state index is 0.121. The molecule has 0 radical (unpaired) electrons. The summed E-state index contributed by atoms with van der Waals surface area (Å²) in [6.45, 7) is 3.17. The number of hydrogen-bond acceptors (Lipinski definition) is 7. The van der Waals surface area contributed by atoms with Gasteiger partial charge in [-0.1, -0.05) is 6.07 Å². The summed E-state index contributed by atoms with van der Waals surface area (Å²) in [6, 6.07) is 7.96. The van der Waals surface area contributed by atoms with Crippen molar-refractivity contribution in [2.24, 2.45) is 0 Å². The van der Waals surface area contributed by atoms with Crippen LogP contribution in [0.15, 0.2) is 39.7 Å². The van der Waals surface area contributed by atoms with Crippen molar-refractivity contribution in [3.05, 3.63) is 52.1 Å². The van der Waals surface area contributed by atoms with Crippen molar-refractivity contribution in [1.82, 2.24) is 4.90 Å². The molecule has 0 bridgehead atoms. The van der Waals surface area contributed by atoms with Crippen LogP contribution in [0.3, 0.4) is 0 Å². The van der Waals surface area contributed by atoms with E-state index in [0.29, 0.717) is 28.8 Å². The molecule has 1 aliphatic rings. The molecule has 150 valence electrons. The Labute approximate surface area is 170 Å². The van der Waals surface area contributed by atoms with Gasteiger partial charge >= 0.3 is 11.9 Å². The van der Waals surface area contributed by atoms with Crippen LogP contribution >= 0.6 is 11.8 Å². The molecule has 0 unspecified atom stereocenters. The SMILES string of the molecule is CCOC(=O)CN1C(=O)S/C(=C/c2ccc(-c3cc(C(=O)O)ccc3C)o2)C1=O. The van der Waals surface area contributed by atoms with Crippen molar-refractivity contribution in [3.8, 4) is 11.3 Å². The predicted octanol–water partition coefficient (Wildman–Crippen LogP) is 3.55. The second-order valence-corrected chi connectivity index (χ2v) is 7.10. The zero-order valence-electron chi connectivity index (χ0n) is 15.6. The number of ether oxygens (including phenoxy) is 1. The fraction of sp³-hybridized carbons (Fsp3) is 0.200. The van der Waals surface area contributed by atoms with Crippen molar-refractivity contribution >= 4 is 40.9 Å². The number of esters is 1. The lowest BCUT2D eigenvalue weighted by atomic mass is 10.0. The number of nitrogens with zero attached hydrogens (tertiary/aromatic N) is 1. The van der Waals surface area contributed by atoms with Crippen LogP contribution in [0.5, 0.6) is 0 Å². The number of rotatable bonds is 6. The van der Waals surface area contributed by atoms with Crippen LogP contribution in [-0.4, -0.2) is 46.2 Å². The first-order valence-electron chi connectivity index (χ1n) is 8.65. The summed E-state index contributed by atoms with van der Waals surface area (Å²) in [6.07, 6.45) is 1.41. The lowest BCUT2D eigenvalue weighted by molar-refractivity contribution is -0.145. The molecule has 0 aliphatic carbocycles. The third-order valence-electron chi connectivity index (χ3n) is 4.12. The summed E-state index contributed by atoms with van der Waals surface area (Å²) in [7, 11) is 0. The molecule has 1 fully saturated rings. The van der Waals surface area contributed by atoms with Crippen LogP contribution in [0.25, 0.3) is 17.4 Å². The van der Waals surface area contributed by atoms with Gasteiger partial charge in [0.25, 0.3) is 11.1 Å². The maximum atomic E-state index is 12.4. The van der Waals surface area contributed by atoms with E-state index in [1.165, 1.54) is 18.2 Å². The Morgan fingerprint density at radius 2 is 2.00 bits per heavy atom. The Bertz CT molecular complexity index is 1040. The Hall–Kier alpha value is -3.33. The maximum Gasteiger partial charge on any atom is 0.335 e. The molecule has 0 saturated carbocycles. The number of carboxylic acid groups (broad SMARTS) is 1. The molecule has 29 heavy (non-hydrogen) atoms. The van der Waals surface area contributed by atoms with Crippen LogP contribution in [0, 0.1) is 6.92 Å². The number of thioether (sulfide) groups is 1. The molecule has 1 aromatic heterocycles. The molecule has 9 heteroatoms. The van der Waals surface area contributed by atoms with Crippen molar-refractivity contribution in [2.45, 2.75) is 13.8 Å². The highest BCUT2D eigenvalue weighted by Gasteiger charge is 2.36. The van der Waals surface area contributed by atoms with Gasteiger partial charge in [-0.15, -0.1) is 0 Å². The number of carbonyl (C=O) groups is 4. The largest absolute Gasteiger partial charge is 0.478 e. The topological polar surface area (TPSA) is 114 Å². The molecule has 1 aliphatic heterocycles. The van der Waals surface area contributed by atoms with Gasteiger partial charge in [-0.25, -0.2) is 4.79 Å². The molecule has 2 heterocycles. The minimum Gasteiger partial charge on any atom is -0.478 e. The first kappa shape index (κ1) is 20.4. The predicted molar refractivity (Wildman–Crippen MR) is 105 cm³/mol. The monoisotopic (exact) mass is 415 g/mol. The summed E-state index contributed by atoms with van der Waals surface area (Å²) in [5, 5.41) is 8.60. The molecule has 1 saturated heterocycles. The average molecular weight is 415 g/mol. The van der Waals surface area contributed by atoms with Gasteiger partial charge in [0.15, 0.2) is 0 Å². The van der Waals surface area contributed by atoms with E-state index in [9.17, 15) is 19.2 Å². The van der Waals surface area contributed by atoms with Gasteiger partial charge < -0.3 is 14.3 Å². The molecule has 2 aromatic rings. The fourth-order valence-electron chi connectivity index (χ4n) is 2.70. The van der Waals surface area contributed by atoms with E-state index in [-0.39, 0.29) is 17.1 Å². The lowest BCUT2D eigenvalue weighted by Gasteiger charge is -2.10.